The number of benzene rings is 6. The quantitative estimate of drug-likeness (QED) is 0.0856. The second-order valence-corrected chi connectivity index (χ2v) is 17.1. The van der Waals surface area contributed by atoms with E-state index in [0.29, 0.717) is 0 Å². The molecule has 7 rings (SSSR count). The fourth-order valence-electron chi connectivity index (χ4n) is 6.17. The van der Waals surface area contributed by atoms with Gasteiger partial charge in [-0.05, 0) is 62.5 Å². The monoisotopic (exact) mass is 807 g/mol. The molecule has 0 spiro atoms. The maximum absolute atomic E-state index is 7.04. The van der Waals surface area contributed by atoms with Crippen molar-refractivity contribution >= 4 is 91.2 Å². The van der Waals surface area contributed by atoms with Crippen LogP contribution in [0.4, 0.5) is 0 Å². The first-order chi connectivity index (χ1) is 24.1. The zero-order chi connectivity index (χ0) is 33.6. The van der Waals surface area contributed by atoms with Crippen molar-refractivity contribution in [1.82, 2.24) is 4.57 Å². The number of hydrogen-bond donors (Lipinski definition) is 0. The lowest BCUT2D eigenvalue weighted by atomic mass is 10.1. The van der Waals surface area contributed by atoms with E-state index in [1.807, 2.05) is 0 Å². The lowest BCUT2D eigenvalue weighted by molar-refractivity contribution is 0.601. The second-order valence-electron chi connectivity index (χ2n) is 11.9. The van der Waals surface area contributed by atoms with E-state index in [-0.39, 0.29) is 0 Å². The first-order valence-electron chi connectivity index (χ1n) is 16.7. The summed E-state index contributed by atoms with van der Waals surface area (Å²) in [5.74, 6) is 1.67. The zero-order valence-electron chi connectivity index (χ0n) is 27.3. The van der Waals surface area contributed by atoms with Crippen molar-refractivity contribution in [2.24, 2.45) is 0 Å². The van der Waals surface area contributed by atoms with Gasteiger partial charge in [0, 0.05) is 44.1 Å². The van der Waals surface area contributed by atoms with Crippen LogP contribution in [0.5, 0.6) is 11.5 Å². The molecule has 1 aromatic heterocycles. The third kappa shape index (κ3) is 7.52. The Hall–Kier alpha value is -3.46. The Labute approximate surface area is 308 Å². The summed E-state index contributed by atoms with van der Waals surface area (Å²) >= 11 is 8.00. The number of rotatable bonds is 13. The van der Waals surface area contributed by atoms with E-state index in [9.17, 15) is 0 Å². The van der Waals surface area contributed by atoms with Crippen molar-refractivity contribution < 1.29 is 9.05 Å². The summed E-state index contributed by atoms with van der Waals surface area (Å²) in [4.78, 5) is 0. The Bertz CT molecular complexity index is 2060. The van der Waals surface area contributed by atoms with Crippen LogP contribution in [0.1, 0.15) is 32.6 Å². The Kier molecular flexibility index (Phi) is 11.1. The largest absolute Gasteiger partial charge is 0.464 e. The standard InChI is InChI=1S/C42H37Br2NO2P2/c1-2-3-4-17-28-45-38-27-26-31(46-48(32-18-9-5-10-19-32)33-20-11-6-12-21-33)29-36(38)37-30-39(40(43)41(44)42(37)45)47-49(34-22-13-7-14-23-34)35-24-15-8-16-25-35/h5-16,18-27,29-30H,2-4,17,28H2,1H3. The molecule has 0 fully saturated rings. The van der Waals surface area contributed by atoms with Crippen molar-refractivity contribution in [3.63, 3.8) is 0 Å². The SMILES string of the molecule is CCCCCCn1c2ccc(OP(c3ccccc3)c3ccccc3)cc2c2cc(OP(c3ccccc3)c3ccccc3)c(Br)c(Br)c21. The van der Waals surface area contributed by atoms with Crippen LogP contribution in [0, 0.1) is 0 Å². The van der Waals surface area contributed by atoms with E-state index in [2.05, 4.69) is 189 Å². The van der Waals surface area contributed by atoms with E-state index in [4.69, 9.17) is 9.05 Å². The molecule has 246 valence electrons. The van der Waals surface area contributed by atoms with Gasteiger partial charge in [-0.1, -0.05) is 148 Å². The van der Waals surface area contributed by atoms with Gasteiger partial charge in [0.2, 0.25) is 0 Å². The highest BCUT2D eigenvalue weighted by atomic mass is 79.9. The number of fused-ring (bicyclic) bond motifs is 3. The predicted octanol–water partition coefficient (Wildman–Crippen LogP) is 11.8. The number of nitrogens with zero attached hydrogens (tertiary/aromatic N) is 1. The Morgan fingerprint density at radius 2 is 1.04 bits per heavy atom. The van der Waals surface area contributed by atoms with Crippen LogP contribution in [0.2, 0.25) is 0 Å². The highest BCUT2D eigenvalue weighted by Crippen LogP contribution is 2.48. The van der Waals surface area contributed by atoms with Crippen LogP contribution in [-0.2, 0) is 6.54 Å². The lowest BCUT2D eigenvalue weighted by Crippen LogP contribution is -2.15. The summed E-state index contributed by atoms with van der Waals surface area (Å²) in [5, 5.41) is 6.98. The van der Waals surface area contributed by atoms with Crippen LogP contribution >= 0.6 is 48.2 Å². The molecule has 3 nitrogen and oxygen atoms in total. The minimum Gasteiger partial charge on any atom is -0.464 e. The second kappa shape index (κ2) is 16.0. The summed E-state index contributed by atoms with van der Waals surface area (Å²) in [5.41, 5.74) is 2.36. The first kappa shape index (κ1) is 34.0. The van der Waals surface area contributed by atoms with Gasteiger partial charge < -0.3 is 13.6 Å². The van der Waals surface area contributed by atoms with Crippen molar-refractivity contribution in [2.75, 3.05) is 0 Å². The predicted molar refractivity (Wildman–Crippen MR) is 218 cm³/mol. The van der Waals surface area contributed by atoms with Gasteiger partial charge in [0.15, 0.2) is 16.3 Å². The molecule has 0 aliphatic rings. The molecule has 49 heavy (non-hydrogen) atoms. The van der Waals surface area contributed by atoms with Crippen LogP contribution in [0.3, 0.4) is 0 Å². The minimum atomic E-state index is -1.11. The van der Waals surface area contributed by atoms with Crippen LogP contribution in [-0.4, -0.2) is 4.57 Å². The third-order valence-corrected chi connectivity index (χ3v) is 14.5. The maximum atomic E-state index is 7.04. The number of unbranched alkanes of at least 4 members (excludes halogenated alkanes) is 3. The number of hydrogen-bond acceptors (Lipinski definition) is 2. The van der Waals surface area contributed by atoms with Crippen molar-refractivity contribution in [1.29, 1.82) is 0 Å². The van der Waals surface area contributed by atoms with Gasteiger partial charge in [0.1, 0.15) is 11.5 Å². The Balaban J connectivity index is 1.35. The molecule has 0 atom stereocenters. The molecule has 0 bridgehead atoms. The van der Waals surface area contributed by atoms with E-state index < -0.39 is 16.3 Å². The molecule has 0 unspecified atom stereocenters. The van der Waals surface area contributed by atoms with Crippen LogP contribution < -0.4 is 30.3 Å². The molecule has 0 amide bonds. The van der Waals surface area contributed by atoms with E-state index >= 15 is 0 Å². The summed E-state index contributed by atoms with van der Waals surface area (Å²) in [6.45, 7) is 3.20. The fraction of sp³-hybridized carbons (Fsp3) is 0.143. The van der Waals surface area contributed by atoms with Gasteiger partial charge in [-0.3, -0.25) is 0 Å². The molecule has 0 N–H and O–H groups in total. The molecule has 7 heteroatoms. The Morgan fingerprint density at radius 1 is 0.531 bits per heavy atom. The first-order valence-corrected chi connectivity index (χ1v) is 20.8. The van der Waals surface area contributed by atoms with Gasteiger partial charge in [-0.2, -0.15) is 0 Å². The topological polar surface area (TPSA) is 23.4 Å². The van der Waals surface area contributed by atoms with Crippen LogP contribution in [0.25, 0.3) is 21.8 Å². The van der Waals surface area contributed by atoms with Gasteiger partial charge in [0.05, 0.1) is 14.5 Å². The molecule has 0 aliphatic heterocycles. The minimum absolute atomic E-state index is 0.811. The third-order valence-electron chi connectivity index (χ3n) is 8.55. The van der Waals surface area contributed by atoms with E-state index in [0.717, 1.165) is 54.8 Å². The normalized spacial score (nSPS) is 11.5. The molecule has 6 aromatic carbocycles. The van der Waals surface area contributed by atoms with E-state index in [1.54, 1.807) is 0 Å². The van der Waals surface area contributed by atoms with Crippen LogP contribution in [0.15, 0.2) is 155 Å². The fourth-order valence-corrected chi connectivity index (χ4v) is 10.8. The average Bonchev–Trinajstić information content (AvgIpc) is 3.47. The molecule has 0 saturated heterocycles. The van der Waals surface area contributed by atoms with Crippen molar-refractivity contribution in [3.05, 3.63) is 155 Å². The molecule has 0 aliphatic carbocycles. The smallest absolute Gasteiger partial charge is 0.150 e. The van der Waals surface area contributed by atoms with Crippen molar-refractivity contribution in [3.8, 4) is 11.5 Å². The number of halogens is 2. The summed E-state index contributed by atoms with van der Waals surface area (Å²) in [6, 6.07) is 51.0. The number of aromatic nitrogens is 1. The highest BCUT2D eigenvalue weighted by Gasteiger charge is 2.24. The molecule has 7 aromatic rings. The summed E-state index contributed by atoms with van der Waals surface area (Å²) < 4.78 is 18.4. The van der Waals surface area contributed by atoms with Gasteiger partial charge in [-0.15, -0.1) is 0 Å². The summed E-state index contributed by atoms with van der Waals surface area (Å²) in [7, 11) is -2.17. The summed E-state index contributed by atoms with van der Waals surface area (Å²) in [6.07, 6.45) is 4.77. The van der Waals surface area contributed by atoms with Crippen molar-refractivity contribution in [2.45, 2.75) is 39.2 Å². The Morgan fingerprint density at radius 3 is 1.55 bits per heavy atom. The molecule has 0 radical (unpaired) electrons. The zero-order valence-corrected chi connectivity index (χ0v) is 32.3. The lowest BCUT2D eigenvalue weighted by Gasteiger charge is -2.21. The van der Waals surface area contributed by atoms with Gasteiger partial charge in [-0.25, -0.2) is 0 Å². The molecule has 0 saturated carbocycles. The number of aryl methyl sites for hydroxylation is 1. The van der Waals surface area contributed by atoms with Gasteiger partial charge >= 0.3 is 0 Å². The van der Waals surface area contributed by atoms with E-state index in [1.165, 1.54) is 40.9 Å². The molecular formula is C42H37Br2NO2P2. The average molecular weight is 810 g/mol. The highest BCUT2D eigenvalue weighted by molar-refractivity contribution is 9.13. The molecular weight excluding hydrogens is 772 g/mol. The molecule has 1 heterocycles. The van der Waals surface area contributed by atoms with Gasteiger partial charge in [0.25, 0.3) is 0 Å². The maximum Gasteiger partial charge on any atom is 0.150 e.